The van der Waals surface area contributed by atoms with Gasteiger partial charge in [-0.2, -0.15) is 18.3 Å². The maximum atomic E-state index is 12.6. The van der Waals surface area contributed by atoms with Gasteiger partial charge in [-0.3, -0.25) is 19.7 Å². The van der Waals surface area contributed by atoms with Crippen LogP contribution in [0.1, 0.15) is 24.0 Å². The molecule has 0 saturated heterocycles. The van der Waals surface area contributed by atoms with Crippen molar-refractivity contribution in [1.29, 1.82) is 0 Å². The maximum absolute atomic E-state index is 12.6. The molecule has 0 fully saturated rings. The Morgan fingerprint density at radius 1 is 1.07 bits per heavy atom. The highest BCUT2D eigenvalue weighted by molar-refractivity contribution is 5.93. The molecule has 0 aromatic heterocycles. The zero-order valence-electron chi connectivity index (χ0n) is 14.8. The second kappa shape index (κ2) is 9.44. The molecular formula is C18H15F3N4O4. The van der Waals surface area contributed by atoms with E-state index in [1.165, 1.54) is 36.5 Å². The Bertz CT molecular complexity index is 927. The Morgan fingerprint density at radius 3 is 2.34 bits per heavy atom. The minimum atomic E-state index is -4.53. The second-order valence-electron chi connectivity index (χ2n) is 5.77. The van der Waals surface area contributed by atoms with E-state index in [2.05, 4.69) is 15.8 Å². The summed E-state index contributed by atoms with van der Waals surface area (Å²) in [5.41, 5.74) is 1.69. The average Bonchev–Trinajstić information content (AvgIpc) is 2.66. The summed E-state index contributed by atoms with van der Waals surface area (Å²) < 4.78 is 37.9. The number of non-ortho nitro benzene ring substituents is 1. The van der Waals surface area contributed by atoms with Gasteiger partial charge in [0.15, 0.2) is 0 Å². The van der Waals surface area contributed by atoms with E-state index < -0.39 is 28.5 Å². The molecule has 0 saturated carbocycles. The number of hydrogen-bond donors (Lipinski definition) is 2. The summed E-state index contributed by atoms with van der Waals surface area (Å²) in [5.74, 6) is -1.21. The molecule has 2 aromatic carbocycles. The van der Waals surface area contributed by atoms with Crippen molar-refractivity contribution in [1.82, 2.24) is 5.43 Å². The number of nitrogens with one attached hydrogen (secondary N) is 2. The highest BCUT2D eigenvalue weighted by Crippen LogP contribution is 2.30. The Balaban J connectivity index is 1.78. The van der Waals surface area contributed by atoms with E-state index >= 15 is 0 Å². The highest BCUT2D eigenvalue weighted by Gasteiger charge is 2.30. The molecule has 0 bridgehead atoms. The summed E-state index contributed by atoms with van der Waals surface area (Å²) in [5, 5.41) is 16.5. The third kappa shape index (κ3) is 7.05. The number of hydrazone groups is 1. The fourth-order valence-corrected chi connectivity index (χ4v) is 2.14. The van der Waals surface area contributed by atoms with Crippen LogP contribution in [0.3, 0.4) is 0 Å². The van der Waals surface area contributed by atoms with Crippen molar-refractivity contribution in [2.24, 2.45) is 5.10 Å². The lowest BCUT2D eigenvalue weighted by molar-refractivity contribution is -0.384. The first-order valence-corrected chi connectivity index (χ1v) is 8.18. The number of rotatable bonds is 7. The van der Waals surface area contributed by atoms with E-state index in [0.29, 0.717) is 5.56 Å². The van der Waals surface area contributed by atoms with E-state index in [0.717, 1.165) is 18.2 Å². The molecule has 0 aliphatic carbocycles. The molecule has 0 aliphatic rings. The molecule has 2 N–H and O–H groups in total. The minimum Gasteiger partial charge on any atom is -0.326 e. The lowest BCUT2D eigenvalue weighted by Gasteiger charge is -2.09. The number of benzene rings is 2. The fourth-order valence-electron chi connectivity index (χ4n) is 2.14. The van der Waals surface area contributed by atoms with Gasteiger partial charge in [-0.1, -0.05) is 6.07 Å². The molecule has 0 atom stereocenters. The number of carbonyl (C=O) groups is 2. The summed E-state index contributed by atoms with van der Waals surface area (Å²) in [6.45, 7) is 0. The Morgan fingerprint density at radius 2 is 1.72 bits per heavy atom. The van der Waals surface area contributed by atoms with Crippen LogP contribution < -0.4 is 10.7 Å². The van der Waals surface area contributed by atoms with Crippen molar-refractivity contribution in [2.75, 3.05) is 5.32 Å². The van der Waals surface area contributed by atoms with Crippen molar-refractivity contribution in [2.45, 2.75) is 19.0 Å². The van der Waals surface area contributed by atoms with Gasteiger partial charge in [0.1, 0.15) is 0 Å². The summed E-state index contributed by atoms with van der Waals surface area (Å²) >= 11 is 0. The lowest BCUT2D eigenvalue weighted by atomic mass is 10.2. The SMILES string of the molecule is O=C(CCC(=O)Nc1cccc(C(F)(F)F)c1)NN=Cc1ccc([N+](=O)[O-])cc1. The van der Waals surface area contributed by atoms with Crippen LogP contribution >= 0.6 is 0 Å². The zero-order valence-corrected chi connectivity index (χ0v) is 14.8. The first-order chi connectivity index (χ1) is 13.6. The molecule has 29 heavy (non-hydrogen) atoms. The number of nitro benzene ring substituents is 1. The van der Waals surface area contributed by atoms with Gasteiger partial charge in [0, 0.05) is 30.7 Å². The van der Waals surface area contributed by atoms with Crippen LogP contribution in [0.5, 0.6) is 0 Å². The predicted molar refractivity (Wildman–Crippen MR) is 98.1 cm³/mol. The second-order valence-corrected chi connectivity index (χ2v) is 5.77. The minimum absolute atomic E-state index is 0.0265. The fraction of sp³-hybridized carbons (Fsp3) is 0.167. The Hall–Kier alpha value is -3.76. The zero-order chi connectivity index (χ0) is 21.4. The van der Waals surface area contributed by atoms with E-state index in [-0.39, 0.29) is 24.2 Å². The topological polar surface area (TPSA) is 114 Å². The van der Waals surface area contributed by atoms with E-state index in [1.807, 2.05) is 0 Å². The van der Waals surface area contributed by atoms with Gasteiger partial charge in [0.05, 0.1) is 16.7 Å². The van der Waals surface area contributed by atoms with Crippen LogP contribution in [0.25, 0.3) is 0 Å². The molecule has 2 rings (SSSR count). The van der Waals surface area contributed by atoms with Gasteiger partial charge in [-0.15, -0.1) is 0 Å². The third-order valence-corrected chi connectivity index (χ3v) is 3.56. The van der Waals surface area contributed by atoms with Gasteiger partial charge in [0.2, 0.25) is 11.8 Å². The Labute approximate surface area is 162 Å². The quantitative estimate of drug-likeness (QED) is 0.415. The number of hydrogen-bond acceptors (Lipinski definition) is 5. The van der Waals surface area contributed by atoms with Gasteiger partial charge in [-0.05, 0) is 35.9 Å². The molecule has 2 amide bonds. The number of carbonyl (C=O) groups excluding carboxylic acids is 2. The molecule has 0 unspecified atom stereocenters. The van der Waals surface area contributed by atoms with Crippen LogP contribution in [0, 0.1) is 10.1 Å². The maximum Gasteiger partial charge on any atom is 0.416 e. The third-order valence-electron chi connectivity index (χ3n) is 3.56. The van der Waals surface area contributed by atoms with E-state index in [4.69, 9.17) is 0 Å². The van der Waals surface area contributed by atoms with Crippen LogP contribution in [-0.4, -0.2) is 23.0 Å². The Kier molecular flexibility index (Phi) is 7.01. The largest absolute Gasteiger partial charge is 0.416 e. The molecule has 0 radical (unpaired) electrons. The van der Waals surface area contributed by atoms with E-state index in [1.54, 1.807) is 0 Å². The average molecular weight is 408 g/mol. The van der Waals surface area contributed by atoms with E-state index in [9.17, 15) is 32.9 Å². The summed E-state index contributed by atoms with van der Waals surface area (Å²) in [7, 11) is 0. The van der Waals surface area contributed by atoms with Gasteiger partial charge in [-0.25, -0.2) is 5.43 Å². The molecule has 0 spiro atoms. The molecule has 152 valence electrons. The van der Waals surface area contributed by atoms with Gasteiger partial charge in [0.25, 0.3) is 5.69 Å². The van der Waals surface area contributed by atoms with Gasteiger partial charge >= 0.3 is 6.18 Å². The summed E-state index contributed by atoms with van der Waals surface area (Å²) in [6, 6.07) is 9.59. The highest BCUT2D eigenvalue weighted by atomic mass is 19.4. The molecule has 0 aliphatic heterocycles. The van der Waals surface area contributed by atoms with Crippen LogP contribution in [-0.2, 0) is 15.8 Å². The monoisotopic (exact) mass is 408 g/mol. The summed E-state index contributed by atoms with van der Waals surface area (Å²) in [6.07, 6.45) is -3.75. The van der Waals surface area contributed by atoms with Crippen molar-refractivity contribution >= 4 is 29.4 Å². The molecule has 2 aromatic rings. The number of nitrogens with zero attached hydrogens (tertiary/aromatic N) is 2. The van der Waals surface area contributed by atoms with Crippen molar-refractivity contribution in [3.8, 4) is 0 Å². The predicted octanol–water partition coefficient (Wildman–Crippen LogP) is 3.48. The molecule has 11 heteroatoms. The van der Waals surface area contributed by atoms with Gasteiger partial charge < -0.3 is 5.32 Å². The standard InChI is InChI=1S/C18H15F3N4O4/c19-18(20,21)13-2-1-3-14(10-13)23-16(26)8-9-17(27)24-22-11-12-4-6-15(7-5-12)25(28)29/h1-7,10-11H,8-9H2,(H,23,26)(H,24,27). The number of alkyl halides is 3. The number of nitro groups is 1. The first-order valence-electron chi connectivity index (χ1n) is 8.18. The van der Waals surface area contributed by atoms with Crippen LogP contribution in [0.2, 0.25) is 0 Å². The van der Waals surface area contributed by atoms with Crippen molar-refractivity contribution < 1.29 is 27.7 Å². The number of anilines is 1. The lowest BCUT2D eigenvalue weighted by Crippen LogP contribution is -2.20. The number of halogens is 3. The van der Waals surface area contributed by atoms with Crippen LogP contribution in [0.15, 0.2) is 53.6 Å². The van der Waals surface area contributed by atoms with Crippen molar-refractivity contribution in [3.63, 3.8) is 0 Å². The molecule has 8 nitrogen and oxygen atoms in total. The summed E-state index contributed by atoms with van der Waals surface area (Å²) in [4.78, 5) is 33.5. The van der Waals surface area contributed by atoms with Crippen LogP contribution in [0.4, 0.5) is 24.5 Å². The smallest absolute Gasteiger partial charge is 0.326 e. The van der Waals surface area contributed by atoms with Crippen molar-refractivity contribution in [3.05, 3.63) is 69.8 Å². The molecule has 0 heterocycles. The normalized spacial score (nSPS) is 11.3. The molecular weight excluding hydrogens is 393 g/mol. The number of amides is 2. The first kappa shape index (κ1) is 21.5.